The molecule has 9 nitrogen and oxygen atoms in total. The number of carbonyl (C=O) groups excluding carboxylic acids is 3. The van der Waals surface area contributed by atoms with Gasteiger partial charge in [-0.1, -0.05) is 36.5 Å². The minimum atomic E-state index is -0.551. The standard InChI is InChI=1S/C28H27Cl2N3O6/c1-3-4-13-38-21-9-6-19(7-10-21)28(36)39-24-12-5-18(14-25(24)37-2)16-32-33-26(34)17-31-27(35)20-8-11-22(29)23(30)15-20/h5-12,14-16H,3-4,13,17H2,1-2H3,(H,31,35)(H,33,34)/b32-16+. The maximum atomic E-state index is 12.6. The maximum absolute atomic E-state index is 12.6. The van der Waals surface area contributed by atoms with E-state index in [4.69, 9.17) is 37.4 Å². The zero-order valence-electron chi connectivity index (χ0n) is 21.3. The predicted molar refractivity (Wildman–Crippen MR) is 149 cm³/mol. The lowest BCUT2D eigenvalue weighted by Gasteiger charge is -2.10. The molecule has 0 unspecified atom stereocenters. The van der Waals surface area contributed by atoms with Crippen molar-refractivity contribution in [2.24, 2.45) is 5.10 Å². The molecule has 0 radical (unpaired) electrons. The van der Waals surface area contributed by atoms with Crippen molar-refractivity contribution in [3.63, 3.8) is 0 Å². The molecule has 39 heavy (non-hydrogen) atoms. The summed E-state index contributed by atoms with van der Waals surface area (Å²) in [7, 11) is 1.44. The van der Waals surface area contributed by atoms with E-state index in [9.17, 15) is 14.4 Å². The van der Waals surface area contributed by atoms with Crippen molar-refractivity contribution < 1.29 is 28.6 Å². The molecule has 0 aliphatic rings. The molecular formula is C28H27Cl2N3O6. The molecule has 0 fully saturated rings. The van der Waals surface area contributed by atoms with E-state index in [1.54, 1.807) is 42.5 Å². The van der Waals surface area contributed by atoms with Crippen molar-refractivity contribution in [3.05, 3.63) is 87.4 Å². The number of ether oxygens (including phenoxy) is 3. The molecule has 0 saturated carbocycles. The highest BCUT2D eigenvalue weighted by Crippen LogP contribution is 2.28. The van der Waals surface area contributed by atoms with E-state index in [0.717, 1.165) is 12.8 Å². The number of esters is 1. The summed E-state index contributed by atoms with van der Waals surface area (Å²) in [5.74, 6) is -0.381. The Balaban J connectivity index is 1.51. The predicted octanol–water partition coefficient (Wildman–Crippen LogP) is 5.28. The topological polar surface area (TPSA) is 115 Å². The molecule has 11 heteroatoms. The van der Waals surface area contributed by atoms with E-state index < -0.39 is 17.8 Å². The molecule has 2 amide bonds. The molecular weight excluding hydrogens is 545 g/mol. The Kier molecular flexibility index (Phi) is 11.1. The van der Waals surface area contributed by atoms with Gasteiger partial charge in [0.15, 0.2) is 11.5 Å². The Hall–Kier alpha value is -4.08. The second kappa shape index (κ2) is 14.8. The van der Waals surface area contributed by atoms with Gasteiger partial charge in [-0.15, -0.1) is 0 Å². The van der Waals surface area contributed by atoms with Crippen LogP contribution >= 0.6 is 23.2 Å². The number of rotatable bonds is 12. The van der Waals surface area contributed by atoms with Crippen LogP contribution in [0, 0.1) is 0 Å². The first-order chi connectivity index (χ1) is 18.8. The molecule has 0 aromatic heterocycles. The molecule has 0 aliphatic heterocycles. The number of hydrazone groups is 1. The Labute approximate surface area is 236 Å². The smallest absolute Gasteiger partial charge is 0.343 e. The van der Waals surface area contributed by atoms with Gasteiger partial charge in [-0.05, 0) is 72.6 Å². The third-order valence-electron chi connectivity index (χ3n) is 5.24. The van der Waals surface area contributed by atoms with Crippen LogP contribution in [0.1, 0.15) is 46.0 Å². The molecule has 3 aromatic rings. The number of carbonyl (C=O) groups is 3. The minimum Gasteiger partial charge on any atom is -0.494 e. The first kappa shape index (κ1) is 29.5. The van der Waals surface area contributed by atoms with Crippen LogP contribution in [0.5, 0.6) is 17.2 Å². The fourth-order valence-corrected chi connectivity index (χ4v) is 3.45. The van der Waals surface area contributed by atoms with Crippen molar-refractivity contribution in [2.45, 2.75) is 19.8 Å². The first-order valence-electron chi connectivity index (χ1n) is 12.0. The van der Waals surface area contributed by atoms with Crippen molar-refractivity contribution >= 4 is 47.2 Å². The number of nitrogens with one attached hydrogen (secondary N) is 2. The van der Waals surface area contributed by atoms with Crippen LogP contribution in [-0.4, -0.2) is 44.3 Å². The number of hydrogen-bond donors (Lipinski definition) is 2. The third-order valence-corrected chi connectivity index (χ3v) is 5.98. The van der Waals surface area contributed by atoms with Gasteiger partial charge in [0, 0.05) is 5.56 Å². The van der Waals surface area contributed by atoms with Gasteiger partial charge in [0.2, 0.25) is 0 Å². The van der Waals surface area contributed by atoms with Crippen molar-refractivity contribution in [2.75, 3.05) is 20.3 Å². The second-order valence-electron chi connectivity index (χ2n) is 8.13. The summed E-state index contributed by atoms with van der Waals surface area (Å²) in [5, 5.41) is 6.89. The second-order valence-corrected chi connectivity index (χ2v) is 8.95. The fraction of sp³-hybridized carbons (Fsp3) is 0.214. The van der Waals surface area contributed by atoms with E-state index in [2.05, 4.69) is 22.8 Å². The van der Waals surface area contributed by atoms with Crippen LogP contribution in [0.15, 0.2) is 65.8 Å². The lowest BCUT2D eigenvalue weighted by Crippen LogP contribution is -2.34. The lowest BCUT2D eigenvalue weighted by molar-refractivity contribution is -0.120. The Bertz CT molecular complexity index is 1350. The zero-order chi connectivity index (χ0) is 28.2. The van der Waals surface area contributed by atoms with Crippen LogP contribution in [-0.2, 0) is 4.79 Å². The van der Waals surface area contributed by atoms with Crippen molar-refractivity contribution in [1.29, 1.82) is 0 Å². The lowest BCUT2D eigenvalue weighted by atomic mass is 10.2. The maximum Gasteiger partial charge on any atom is 0.343 e. The van der Waals surface area contributed by atoms with Crippen LogP contribution in [0.25, 0.3) is 0 Å². The van der Waals surface area contributed by atoms with Crippen LogP contribution in [0.2, 0.25) is 10.0 Å². The van der Waals surface area contributed by atoms with Crippen LogP contribution in [0.3, 0.4) is 0 Å². The monoisotopic (exact) mass is 571 g/mol. The summed E-state index contributed by atoms with van der Waals surface area (Å²) in [4.78, 5) is 36.8. The van der Waals surface area contributed by atoms with Gasteiger partial charge in [0.05, 0.1) is 42.1 Å². The van der Waals surface area contributed by atoms with Gasteiger partial charge in [-0.25, -0.2) is 10.2 Å². The van der Waals surface area contributed by atoms with E-state index in [-0.39, 0.29) is 22.9 Å². The summed E-state index contributed by atoms with van der Waals surface area (Å²) in [5.41, 5.74) is 3.51. The van der Waals surface area contributed by atoms with Crippen LogP contribution in [0.4, 0.5) is 0 Å². The largest absolute Gasteiger partial charge is 0.494 e. The van der Waals surface area contributed by atoms with Gasteiger partial charge in [0.1, 0.15) is 5.75 Å². The number of unbranched alkanes of at least 4 members (excludes halogenated alkanes) is 1. The molecule has 0 aliphatic carbocycles. The Morgan fingerprint density at radius 2 is 1.67 bits per heavy atom. The summed E-state index contributed by atoms with van der Waals surface area (Å²) < 4.78 is 16.4. The molecule has 0 bridgehead atoms. The number of methoxy groups -OCH3 is 1. The zero-order valence-corrected chi connectivity index (χ0v) is 22.8. The summed E-state index contributed by atoms with van der Waals surface area (Å²) in [6.45, 7) is 2.40. The fourth-order valence-electron chi connectivity index (χ4n) is 3.15. The number of halogens is 2. The third kappa shape index (κ3) is 9.01. The summed E-state index contributed by atoms with van der Waals surface area (Å²) >= 11 is 11.7. The molecule has 2 N–H and O–H groups in total. The van der Waals surface area contributed by atoms with Gasteiger partial charge in [-0.2, -0.15) is 5.10 Å². The van der Waals surface area contributed by atoms with E-state index in [0.29, 0.717) is 34.3 Å². The number of benzene rings is 3. The summed E-state index contributed by atoms with van der Waals surface area (Å²) in [6, 6.07) is 15.9. The highest BCUT2D eigenvalue weighted by atomic mass is 35.5. The summed E-state index contributed by atoms with van der Waals surface area (Å²) in [6.07, 6.45) is 3.37. The van der Waals surface area contributed by atoms with Crippen LogP contribution < -0.4 is 25.0 Å². The highest BCUT2D eigenvalue weighted by molar-refractivity contribution is 6.42. The molecule has 0 heterocycles. The number of nitrogens with zero attached hydrogens (tertiary/aromatic N) is 1. The number of hydrogen-bond acceptors (Lipinski definition) is 7. The molecule has 0 atom stereocenters. The van der Waals surface area contributed by atoms with Gasteiger partial charge in [0.25, 0.3) is 11.8 Å². The quantitative estimate of drug-likeness (QED) is 0.100. The van der Waals surface area contributed by atoms with E-state index in [1.165, 1.54) is 31.5 Å². The first-order valence-corrected chi connectivity index (χ1v) is 12.7. The SMILES string of the molecule is CCCCOc1ccc(C(=O)Oc2ccc(/C=N/NC(=O)CNC(=O)c3ccc(Cl)c(Cl)c3)cc2OC)cc1. The average molecular weight is 572 g/mol. The minimum absolute atomic E-state index is 0.219. The van der Waals surface area contributed by atoms with Gasteiger partial charge in [-0.3, -0.25) is 9.59 Å². The molecule has 3 aromatic carbocycles. The molecule has 0 saturated heterocycles. The Morgan fingerprint density at radius 1 is 0.923 bits per heavy atom. The normalized spacial score (nSPS) is 10.7. The van der Waals surface area contributed by atoms with E-state index >= 15 is 0 Å². The average Bonchev–Trinajstić information content (AvgIpc) is 2.94. The van der Waals surface area contributed by atoms with Gasteiger partial charge >= 0.3 is 5.97 Å². The Morgan fingerprint density at radius 3 is 2.36 bits per heavy atom. The molecule has 204 valence electrons. The molecule has 3 rings (SSSR count). The van der Waals surface area contributed by atoms with E-state index in [1.807, 2.05) is 0 Å². The molecule has 0 spiro atoms. The highest BCUT2D eigenvalue weighted by Gasteiger charge is 2.14. The van der Waals surface area contributed by atoms with Crippen molar-refractivity contribution in [1.82, 2.24) is 10.7 Å². The number of amides is 2. The van der Waals surface area contributed by atoms with Crippen molar-refractivity contribution in [3.8, 4) is 17.2 Å². The van der Waals surface area contributed by atoms with Gasteiger partial charge < -0.3 is 19.5 Å².